The van der Waals surface area contributed by atoms with Crippen molar-refractivity contribution in [3.63, 3.8) is 0 Å². The molecule has 0 aliphatic carbocycles. The standard InChI is InChI=1S/C29H24F2N4O6/c30-20-12-21-24(26(27(32)37)41-25(21)22(31)13-20)33-28(38)19-8-4-7-18(11-19)14-34-9-10-35(15-23(34)36)29(39)40-16-17-5-2-1-3-6-17/h1-8,11-13H,9-10,14-16H2,(H2,32,37)(H,33,38). The molecule has 0 saturated carbocycles. The van der Waals surface area contributed by atoms with Crippen LogP contribution < -0.4 is 11.1 Å². The summed E-state index contributed by atoms with van der Waals surface area (Å²) < 4.78 is 38.5. The lowest BCUT2D eigenvalue weighted by Crippen LogP contribution is -2.51. The highest BCUT2D eigenvalue weighted by Crippen LogP contribution is 2.33. The van der Waals surface area contributed by atoms with Crippen molar-refractivity contribution in [2.45, 2.75) is 13.2 Å². The Morgan fingerprint density at radius 1 is 0.976 bits per heavy atom. The Hall–Kier alpha value is -5.26. The van der Waals surface area contributed by atoms with Crippen LogP contribution in [0.2, 0.25) is 0 Å². The second-order valence-electron chi connectivity index (χ2n) is 9.37. The molecule has 1 fully saturated rings. The number of carbonyl (C=O) groups is 4. The number of anilines is 1. The quantitative estimate of drug-likeness (QED) is 0.349. The first-order chi connectivity index (χ1) is 19.7. The summed E-state index contributed by atoms with van der Waals surface area (Å²) in [6.45, 7) is 0.656. The van der Waals surface area contributed by atoms with Gasteiger partial charge in [0.05, 0.1) is 5.39 Å². The lowest BCUT2D eigenvalue weighted by molar-refractivity contribution is -0.136. The fourth-order valence-corrected chi connectivity index (χ4v) is 4.48. The van der Waals surface area contributed by atoms with Gasteiger partial charge in [0.1, 0.15) is 24.7 Å². The van der Waals surface area contributed by atoms with Crippen LogP contribution in [0, 0.1) is 11.6 Å². The SMILES string of the molecule is NC(=O)c1oc2c(F)cc(F)cc2c1NC(=O)c1cccc(CN2CCN(C(=O)OCc3ccccc3)CC2=O)c1. The van der Waals surface area contributed by atoms with Crippen molar-refractivity contribution in [1.82, 2.24) is 9.80 Å². The molecule has 0 radical (unpaired) electrons. The van der Waals surface area contributed by atoms with Crippen LogP contribution in [0.1, 0.15) is 32.0 Å². The lowest BCUT2D eigenvalue weighted by Gasteiger charge is -2.33. The van der Waals surface area contributed by atoms with Gasteiger partial charge in [0, 0.05) is 31.3 Å². The third kappa shape index (κ3) is 6.01. The first kappa shape index (κ1) is 27.3. The number of benzene rings is 3. The molecule has 0 atom stereocenters. The summed E-state index contributed by atoms with van der Waals surface area (Å²) in [4.78, 5) is 53.0. The number of nitrogens with zero attached hydrogens (tertiary/aromatic N) is 2. The monoisotopic (exact) mass is 562 g/mol. The van der Waals surface area contributed by atoms with Gasteiger partial charge in [0.15, 0.2) is 11.4 Å². The van der Waals surface area contributed by atoms with Crippen molar-refractivity contribution in [2.24, 2.45) is 5.73 Å². The second-order valence-corrected chi connectivity index (χ2v) is 9.37. The van der Waals surface area contributed by atoms with Gasteiger partial charge in [-0.15, -0.1) is 0 Å². The number of fused-ring (bicyclic) bond motifs is 1. The van der Waals surface area contributed by atoms with Crippen LogP contribution in [0.5, 0.6) is 0 Å². The molecule has 2 heterocycles. The number of nitrogens with one attached hydrogen (secondary N) is 1. The van der Waals surface area contributed by atoms with Gasteiger partial charge in [-0.1, -0.05) is 42.5 Å². The lowest BCUT2D eigenvalue weighted by atomic mass is 10.1. The molecule has 210 valence electrons. The fourth-order valence-electron chi connectivity index (χ4n) is 4.48. The van der Waals surface area contributed by atoms with Gasteiger partial charge in [-0.2, -0.15) is 0 Å². The molecule has 10 nitrogen and oxygen atoms in total. The molecule has 3 N–H and O–H groups in total. The van der Waals surface area contributed by atoms with E-state index in [1.165, 1.54) is 17.0 Å². The van der Waals surface area contributed by atoms with E-state index in [1.807, 2.05) is 30.3 Å². The number of ether oxygens (including phenoxy) is 1. The second kappa shape index (κ2) is 11.5. The Kier molecular flexibility index (Phi) is 7.64. The molecule has 12 heteroatoms. The average molecular weight is 563 g/mol. The molecule has 4 amide bonds. The maximum Gasteiger partial charge on any atom is 0.410 e. The Morgan fingerprint density at radius 3 is 2.46 bits per heavy atom. The van der Waals surface area contributed by atoms with Gasteiger partial charge in [-0.3, -0.25) is 19.3 Å². The van der Waals surface area contributed by atoms with E-state index >= 15 is 0 Å². The molecule has 0 spiro atoms. The summed E-state index contributed by atoms with van der Waals surface area (Å²) in [6.07, 6.45) is -0.581. The molecule has 1 aliphatic heterocycles. The van der Waals surface area contributed by atoms with E-state index < -0.39 is 40.9 Å². The molecule has 4 aromatic rings. The largest absolute Gasteiger partial charge is 0.446 e. The maximum atomic E-state index is 14.2. The van der Waals surface area contributed by atoms with E-state index in [0.29, 0.717) is 11.6 Å². The van der Waals surface area contributed by atoms with Gasteiger partial charge in [0.25, 0.3) is 11.8 Å². The zero-order chi connectivity index (χ0) is 29.1. The highest BCUT2D eigenvalue weighted by Gasteiger charge is 2.28. The van der Waals surface area contributed by atoms with Gasteiger partial charge >= 0.3 is 6.09 Å². The van der Waals surface area contributed by atoms with Crippen LogP contribution in [-0.2, 0) is 22.7 Å². The summed E-state index contributed by atoms with van der Waals surface area (Å²) in [5, 5.41) is 2.30. The molecule has 5 rings (SSSR count). The van der Waals surface area contributed by atoms with Crippen molar-refractivity contribution < 1.29 is 37.1 Å². The Balaban J connectivity index is 1.24. The summed E-state index contributed by atoms with van der Waals surface area (Å²) in [7, 11) is 0. The van der Waals surface area contributed by atoms with Crippen LogP contribution in [0.15, 0.2) is 71.1 Å². The smallest absolute Gasteiger partial charge is 0.410 e. The van der Waals surface area contributed by atoms with Crippen LogP contribution in [-0.4, -0.2) is 53.2 Å². The van der Waals surface area contributed by atoms with E-state index in [9.17, 15) is 28.0 Å². The highest BCUT2D eigenvalue weighted by atomic mass is 19.1. The average Bonchev–Trinajstić information content (AvgIpc) is 3.32. The molecule has 0 bridgehead atoms. The van der Waals surface area contributed by atoms with E-state index in [0.717, 1.165) is 11.6 Å². The zero-order valence-electron chi connectivity index (χ0n) is 21.6. The number of furan rings is 1. The van der Waals surface area contributed by atoms with E-state index in [4.69, 9.17) is 14.9 Å². The van der Waals surface area contributed by atoms with Crippen molar-refractivity contribution in [2.75, 3.05) is 25.0 Å². The predicted molar refractivity (Wildman–Crippen MR) is 143 cm³/mol. The van der Waals surface area contributed by atoms with E-state index in [1.54, 1.807) is 17.0 Å². The number of hydrogen-bond donors (Lipinski definition) is 2. The van der Waals surface area contributed by atoms with Crippen molar-refractivity contribution >= 4 is 40.5 Å². The topological polar surface area (TPSA) is 135 Å². The first-order valence-corrected chi connectivity index (χ1v) is 12.5. The fraction of sp³-hybridized carbons (Fsp3) is 0.172. The first-order valence-electron chi connectivity index (χ1n) is 12.5. The third-order valence-electron chi connectivity index (χ3n) is 6.52. The normalized spacial score (nSPS) is 13.4. The number of carbonyl (C=O) groups excluding carboxylic acids is 4. The molecule has 1 aromatic heterocycles. The van der Waals surface area contributed by atoms with Gasteiger partial charge in [0.2, 0.25) is 11.7 Å². The Labute approximate surface area is 232 Å². The summed E-state index contributed by atoms with van der Waals surface area (Å²) in [5.41, 5.74) is 6.25. The van der Waals surface area contributed by atoms with Crippen LogP contribution in [0.4, 0.5) is 19.3 Å². The number of primary amides is 1. The molecular weight excluding hydrogens is 538 g/mol. The minimum Gasteiger partial charge on any atom is -0.446 e. The molecule has 1 saturated heterocycles. The Bertz CT molecular complexity index is 1660. The molecule has 41 heavy (non-hydrogen) atoms. The number of halogens is 2. The number of amides is 4. The minimum atomic E-state index is -1.08. The maximum absolute atomic E-state index is 14.2. The van der Waals surface area contributed by atoms with Gasteiger partial charge < -0.3 is 25.1 Å². The Morgan fingerprint density at radius 2 is 1.73 bits per heavy atom. The van der Waals surface area contributed by atoms with Crippen molar-refractivity contribution in [3.8, 4) is 0 Å². The van der Waals surface area contributed by atoms with Gasteiger partial charge in [-0.25, -0.2) is 13.6 Å². The summed E-state index contributed by atoms with van der Waals surface area (Å²) >= 11 is 0. The zero-order valence-corrected chi connectivity index (χ0v) is 21.6. The minimum absolute atomic E-state index is 0.0996. The van der Waals surface area contributed by atoms with Crippen molar-refractivity contribution in [1.29, 1.82) is 0 Å². The molecule has 1 aliphatic rings. The number of rotatable bonds is 7. The third-order valence-corrected chi connectivity index (χ3v) is 6.52. The summed E-state index contributed by atoms with van der Waals surface area (Å²) in [5.74, 6) is -4.58. The number of piperazine rings is 1. The van der Waals surface area contributed by atoms with Crippen molar-refractivity contribution in [3.05, 3.63) is 101 Å². The molecular formula is C29H24F2N4O6. The van der Waals surface area contributed by atoms with E-state index in [-0.39, 0.29) is 55.3 Å². The number of hydrogen-bond acceptors (Lipinski definition) is 6. The van der Waals surface area contributed by atoms with Gasteiger partial charge in [-0.05, 0) is 29.3 Å². The van der Waals surface area contributed by atoms with Crippen LogP contribution in [0.25, 0.3) is 11.0 Å². The molecule has 3 aromatic carbocycles. The number of nitrogens with two attached hydrogens (primary N) is 1. The van der Waals surface area contributed by atoms with Crippen LogP contribution >= 0.6 is 0 Å². The summed E-state index contributed by atoms with van der Waals surface area (Å²) in [6, 6.07) is 17.1. The predicted octanol–water partition coefficient (Wildman–Crippen LogP) is 4.04. The molecule has 0 unspecified atom stereocenters. The van der Waals surface area contributed by atoms with Crippen LogP contribution in [0.3, 0.4) is 0 Å². The van der Waals surface area contributed by atoms with E-state index in [2.05, 4.69) is 5.32 Å². The highest BCUT2D eigenvalue weighted by molar-refractivity contribution is 6.14.